The van der Waals surface area contributed by atoms with Crippen LogP contribution in [0.25, 0.3) is 0 Å². The summed E-state index contributed by atoms with van der Waals surface area (Å²) in [4.78, 5) is 17.3. The van der Waals surface area contributed by atoms with Crippen molar-refractivity contribution in [2.75, 3.05) is 39.0 Å². The van der Waals surface area contributed by atoms with Crippen molar-refractivity contribution >= 4 is 27.5 Å². The Labute approximate surface area is 212 Å². The molecule has 4 rings (SSSR count). The van der Waals surface area contributed by atoms with Crippen molar-refractivity contribution in [1.82, 2.24) is 14.1 Å². The Bertz CT molecular complexity index is 1190. The van der Waals surface area contributed by atoms with E-state index in [0.717, 1.165) is 6.26 Å². The summed E-state index contributed by atoms with van der Waals surface area (Å²) in [6, 6.07) is 27.9. The molecule has 8 heteroatoms. The first kappa shape index (κ1) is 25.4. The van der Waals surface area contributed by atoms with Gasteiger partial charge in [-0.05, 0) is 22.8 Å². The van der Waals surface area contributed by atoms with Crippen LogP contribution < -0.4 is 0 Å². The minimum atomic E-state index is -3.59. The number of benzene rings is 3. The predicted octanol–water partition coefficient (Wildman–Crippen LogP) is 4.04. The van der Waals surface area contributed by atoms with E-state index in [1.165, 1.54) is 15.4 Å². The van der Waals surface area contributed by atoms with Gasteiger partial charge in [-0.3, -0.25) is 9.69 Å². The molecule has 0 spiro atoms. The van der Waals surface area contributed by atoms with Crippen molar-refractivity contribution < 1.29 is 13.2 Å². The Kier molecular flexibility index (Phi) is 8.23. The molecule has 184 valence electrons. The average molecular weight is 512 g/mol. The third-order valence-corrected chi connectivity index (χ3v) is 7.91. The van der Waals surface area contributed by atoms with Gasteiger partial charge >= 0.3 is 0 Å². The van der Waals surface area contributed by atoms with Crippen LogP contribution in [-0.4, -0.2) is 67.4 Å². The molecule has 0 N–H and O–H groups in total. The monoisotopic (exact) mass is 511 g/mol. The zero-order valence-corrected chi connectivity index (χ0v) is 21.3. The van der Waals surface area contributed by atoms with Crippen LogP contribution in [0.3, 0.4) is 0 Å². The van der Waals surface area contributed by atoms with Crippen molar-refractivity contribution in [3.8, 4) is 0 Å². The summed E-state index contributed by atoms with van der Waals surface area (Å²) < 4.78 is 26.0. The van der Waals surface area contributed by atoms with Gasteiger partial charge in [-0.1, -0.05) is 90.5 Å². The molecule has 1 saturated heterocycles. The number of sulfonamides is 1. The third kappa shape index (κ3) is 6.49. The van der Waals surface area contributed by atoms with E-state index in [9.17, 15) is 13.2 Å². The highest BCUT2D eigenvalue weighted by molar-refractivity contribution is 7.88. The molecule has 3 aromatic rings. The fourth-order valence-corrected chi connectivity index (χ4v) is 5.39. The molecule has 1 aliphatic rings. The summed E-state index contributed by atoms with van der Waals surface area (Å²) in [6.45, 7) is 2.34. The Hall–Kier alpha value is -2.71. The van der Waals surface area contributed by atoms with Crippen LogP contribution in [0.4, 0.5) is 0 Å². The lowest BCUT2D eigenvalue weighted by Gasteiger charge is -2.40. The molecule has 1 fully saturated rings. The van der Waals surface area contributed by atoms with Crippen LogP contribution in [0.2, 0.25) is 5.02 Å². The molecule has 0 atom stereocenters. The van der Waals surface area contributed by atoms with Gasteiger partial charge in [0.2, 0.25) is 15.9 Å². The van der Waals surface area contributed by atoms with Crippen molar-refractivity contribution in [3.05, 3.63) is 107 Å². The highest BCUT2D eigenvalue weighted by Crippen LogP contribution is 2.29. The summed E-state index contributed by atoms with van der Waals surface area (Å²) in [5.74, 6) is -0.196. The van der Waals surface area contributed by atoms with Gasteiger partial charge in [0.25, 0.3) is 0 Å². The van der Waals surface area contributed by atoms with Crippen molar-refractivity contribution in [3.63, 3.8) is 0 Å². The summed E-state index contributed by atoms with van der Waals surface area (Å²) in [5, 5.41) is 0.482. The lowest BCUT2D eigenvalue weighted by molar-refractivity contribution is -0.133. The first-order valence-electron chi connectivity index (χ1n) is 11.6. The molecule has 6 nitrogen and oxygen atoms in total. The van der Waals surface area contributed by atoms with Gasteiger partial charge in [0, 0.05) is 37.7 Å². The van der Waals surface area contributed by atoms with E-state index in [2.05, 4.69) is 29.2 Å². The van der Waals surface area contributed by atoms with E-state index in [0.29, 0.717) is 36.8 Å². The summed E-state index contributed by atoms with van der Waals surface area (Å²) >= 11 is 6.23. The lowest BCUT2D eigenvalue weighted by Crippen LogP contribution is -2.52. The van der Waals surface area contributed by atoms with Crippen LogP contribution in [0.5, 0.6) is 0 Å². The maximum Gasteiger partial charge on any atom is 0.237 e. The molecule has 35 heavy (non-hydrogen) atoms. The third-order valence-electron chi connectivity index (χ3n) is 6.35. The number of hydrogen-bond acceptors (Lipinski definition) is 4. The number of hydrogen-bond donors (Lipinski definition) is 0. The van der Waals surface area contributed by atoms with Gasteiger partial charge in [0.05, 0.1) is 18.8 Å². The second-order valence-electron chi connectivity index (χ2n) is 8.76. The quantitative estimate of drug-likeness (QED) is 0.458. The van der Waals surface area contributed by atoms with Gasteiger partial charge in [0.1, 0.15) is 0 Å². The average Bonchev–Trinajstić information content (AvgIpc) is 2.86. The largest absolute Gasteiger partial charge is 0.339 e. The fourth-order valence-electron chi connectivity index (χ4n) is 4.47. The molecule has 0 aliphatic carbocycles. The Morgan fingerprint density at radius 2 is 1.37 bits per heavy atom. The molecule has 1 heterocycles. The molecule has 0 aromatic heterocycles. The maximum absolute atomic E-state index is 13.1. The van der Waals surface area contributed by atoms with E-state index in [-0.39, 0.29) is 25.0 Å². The van der Waals surface area contributed by atoms with E-state index < -0.39 is 10.0 Å². The van der Waals surface area contributed by atoms with E-state index in [4.69, 9.17) is 11.6 Å². The second kappa shape index (κ2) is 11.4. The number of nitrogens with zero attached hydrogens (tertiary/aromatic N) is 3. The highest BCUT2D eigenvalue weighted by atomic mass is 35.5. The van der Waals surface area contributed by atoms with Crippen molar-refractivity contribution in [2.45, 2.75) is 12.6 Å². The summed E-state index contributed by atoms with van der Waals surface area (Å²) in [6.07, 6.45) is 1.12. The highest BCUT2D eigenvalue weighted by Gasteiger charge is 2.30. The van der Waals surface area contributed by atoms with Gasteiger partial charge < -0.3 is 4.90 Å². The Morgan fingerprint density at radius 1 is 0.857 bits per heavy atom. The smallest absolute Gasteiger partial charge is 0.237 e. The van der Waals surface area contributed by atoms with E-state index >= 15 is 0 Å². The normalized spacial score (nSPS) is 15.0. The zero-order valence-electron chi connectivity index (χ0n) is 19.8. The van der Waals surface area contributed by atoms with E-state index in [1.54, 1.807) is 29.2 Å². The molecule has 3 aromatic carbocycles. The molecule has 1 amide bonds. The van der Waals surface area contributed by atoms with Crippen molar-refractivity contribution in [1.29, 1.82) is 0 Å². The molecule has 0 bridgehead atoms. The standard InChI is InChI=1S/C27H30ClN3O3S/c1-35(33,34)31(20-24-14-8-9-15-25(24)28)21-26(32)29-16-18-30(19-17-29)27(22-10-4-2-5-11-22)23-12-6-3-7-13-23/h2-15,27H,16-21H2,1H3. The number of halogens is 1. The lowest BCUT2D eigenvalue weighted by atomic mass is 9.96. The Balaban J connectivity index is 1.44. The molecule has 0 radical (unpaired) electrons. The van der Waals surface area contributed by atoms with Gasteiger partial charge in [-0.2, -0.15) is 4.31 Å². The molecule has 0 saturated carbocycles. The predicted molar refractivity (Wildman–Crippen MR) is 140 cm³/mol. The maximum atomic E-state index is 13.1. The first-order valence-corrected chi connectivity index (χ1v) is 13.9. The van der Waals surface area contributed by atoms with Crippen LogP contribution in [0.15, 0.2) is 84.9 Å². The molecular formula is C27H30ClN3O3S. The summed E-state index contributed by atoms with van der Waals surface area (Å²) in [7, 11) is -3.59. The van der Waals surface area contributed by atoms with Crippen LogP contribution in [0, 0.1) is 0 Å². The van der Waals surface area contributed by atoms with Gasteiger partial charge in [0.15, 0.2) is 0 Å². The second-order valence-corrected chi connectivity index (χ2v) is 11.2. The number of carbonyl (C=O) groups excluding carboxylic acids is 1. The SMILES string of the molecule is CS(=O)(=O)N(CC(=O)N1CCN(C(c2ccccc2)c2ccccc2)CC1)Cc1ccccc1Cl. The minimum Gasteiger partial charge on any atom is -0.339 e. The van der Waals surface area contributed by atoms with Gasteiger partial charge in [-0.15, -0.1) is 0 Å². The molecule has 1 aliphatic heterocycles. The minimum absolute atomic E-state index is 0.0638. The number of rotatable bonds is 8. The molecule has 0 unspecified atom stereocenters. The van der Waals surface area contributed by atoms with Crippen LogP contribution >= 0.6 is 11.6 Å². The topological polar surface area (TPSA) is 60.9 Å². The number of piperazine rings is 1. The van der Waals surface area contributed by atoms with Crippen LogP contribution in [0.1, 0.15) is 22.7 Å². The summed E-state index contributed by atoms with van der Waals surface area (Å²) in [5.41, 5.74) is 3.09. The van der Waals surface area contributed by atoms with Gasteiger partial charge in [-0.25, -0.2) is 8.42 Å². The molecular weight excluding hydrogens is 482 g/mol. The zero-order chi connectivity index (χ0) is 24.8. The van der Waals surface area contributed by atoms with Crippen LogP contribution in [-0.2, 0) is 21.4 Å². The fraction of sp³-hybridized carbons (Fsp3) is 0.296. The van der Waals surface area contributed by atoms with E-state index in [1.807, 2.05) is 36.4 Å². The first-order chi connectivity index (χ1) is 16.8. The number of amides is 1. The Morgan fingerprint density at radius 3 is 1.89 bits per heavy atom. The number of carbonyl (C=O) groups is 1. The van der Waals surface area contributed by atoms with Crippen molar-refractivity contribution in [2.24, 2.45) is 0 Å².